The maximum absolute atomic E-state index is 13.6. The quantitative estimate of drug-likeness (QED) is 0.452. The van der Waals surface area contributed by atoms with Crippen LogP contribution in [0.5, 0.6) is 0 Å². The molecule has 1 unspecified atom stereocenters. The molecule has 0 aliphatic carbocycles. The smallest absolute Gasteiger partial charge is 0.266 e. The lowest BCUT2D eigenvalue weighted by atomic mass is 10.1. The number of para-hydroxylation sites is 2. The summed E-state index contributed by atoms with van der Waals surface area (Å²) in [6.45, 7) is 3.87. The fourth-order valence-corrected chi connectivity index (χ4v) is 3.84. The monoisotopic (exact) mass is 429 g/mol. The average molecular weight is 429 g/mol. The molecule has 1 atom stereocenters. The van der Waals surface area contributed by atoms with Gasteiger partial charge in [-0.25, -0.2) is 9.37 Å². The minimum Gasteiger partial charge on any atom is -0.332 e. The third-order valence-electron chi connectivity index (χ3n) is 5.78. The van der Waals surface area contributed by atoms with E-state index in [-0.39, 0.29) is 11.5 Å². The lowest BCUT2D eigenvalue weighted by molar-refractivity contribution is 0.0735. The molecule has 5 nitrogen and oxygen atoms in total. The fourth-order valence-electron chi connectivity index (χ4n) is 3.84. The molecule has 0 bridgehead atoms. The Bertz CT molecular complexity index is 1350. The van der Waals surface area contributed by atoms with Crippen LogP contribution in [-0.4, -0.2) is 27.4 Å². The van der Waals surface area contributed by atoms with Crippen LogP contribution in [0, 0.1) is 5.82 Å². The predicted molar refractivity (Wildman–Crippen MR) is 124 cm³/mol. The van der Waals surface area contributed by atoms with Gasteiger partial charge in [-0.05, 0) is 61.4 Å². The largest absolute Gasteiger partial charge is 0.332 e. The predicted octanol–water partition coefficient (Wildman–Crippen LogP) is 4.92. The molecule has 6 heteroatoms. The number of nitrogens with zero attached hydrogens (tertiary/aromatic N) is 3. The molecule has 0 aliphatic rings. The molecule has 0 saturated carbocycles. The molecular weight excluding hydrogens is 405 g/mol. The van der Waals surface area contributed by atoms with E-state index in [1.165, 1.54) is 29.2 Å². The van der Waals surface area contributed by atoms with Crippen molar-refractivity contribution in [1.29, 1.82) is 0 Å². The summed E-state index contributed by atoms with van der Waals surface area (Å²) in [6, 6.07) is 19.8. The molecule has 0 aliphatic heterocycles. The lowest BCUT2D eigenvalue weighted by Gasteiger charge is -2.27. The SMILES string of the molecule is CCc1ccccc1-n1c(C(C)N(C)C(=O)c2ccc(F)cc2)nc2ccccc2c1=O. The number of hydrogen-bond donors (Lipinski definition) is 0. The van der Waals surface area contributed by atoms with E-state index in [9.17, 15) is 14.0 Å². The van der Waals surface area contributed by atoms with Gasteiger partial charge in [-0.3, -0.25) is 14.2 Å². The number of amides is 1. The van der Waals surface area contributed by atoms with Crippen LogP contribution in [0.15, 0.2) is 77.6 Å². The Kier molecular flexibility index (Phi) is 5.86. The Labute approximate surface area is 185 Å². The van der Waals surface area contributed by atoms with E-state index in [4.69, 9.17) is 4.98 Å². The van der Waals surface area contributed by atoms with Gasteiger partial charge in [-0.15, -0.1) is 0 Å². The zero-order valence-electron chi connectivity index (χ0n) is 18.2. The molecule has 162 valence electrons. The molecule has 0 N–H and O–H groups in total. The summed E-state index contributed by atoms with van der Waals surface area (Å²) in [5.74, 6) is -0.221. The average Bonchev–Trinajstić information content (AvgIpc) is 2.83. The molecular formula is C26H24FN3O2. The van der Waals surface area contributed by atoms with Gasteiger partial charge in [-0.1, -0.05) is 37.3 Å². The number of fused-ring (bicyclic) bond motifs is 1. The summed E-state index contributed by atoms with van der Waals surface area (Å²) in [7, 11) is 1.66. The number of hydrogen-bond acceptors (Lipinski definition) is 3. The highest BCUT2D eigenvalue weighted by atomic mass is 19.1. The lowest BCUT2D eigenvalue weighted by Crippen LogP contribution is -2.35. The van der Waals surface area contributed by atoms with E-state index in [0.717, 1.165) is 17.7 Å². The van der Waals surface area contributed by atoms with Crippen molar-refractivity contribution >= 4 is 16.8 Å². The third-order valence-corrected chi connectivity index (χ3v) is 5.78. The zero-order valence-corrected chi connectivity index (χ0v) is 18.2. The number of carbonyl (C=O) groups is 1. The Morgan fingerprint density at radius 2 is 1.69 bits per heavy atom. The summed E-state index contributed by atoms with van der Waals surface area (Å²) in [5.41, 5.74) is 2.52. The second kappa shape index (κ2) is 8.75. The zero-order chi connectivity index (χ0) is 22.8. The molecule has 0 saturated heterocycles. The summed E-state index contributed by atoms with van der Waals surface area (Å²) < 4.78 is 14.9. The first-order chi connectivity index (χ1) is 15.4. The van der Waals surface area contributed by atoms with Crippen molar-refractivity contribution in [2.24, 2.45) is 0 Å². The highest BCUT2D eigenvalue weighted by molar-refractivity contribution is 5.94. The third kappa shape index (κ3) is 3.80. The Hall–Kier alpha value is -3.80. The van der Waals surface area contributed by atoms with E-state index >= 15 is 0 Å². The molecule has 32 heavy (non-hydrogen) atoms. The molecule has 0 spiro atoms. The summed E-state index contributed by atoms with van der Waals surface area (Å²) in [6.07, 6.45) is 0.744. The van der Waals surface area contributed by atoms with Crippen molar-refractivity contribution in [2.75, 3.05) is 7.05 Å². The van der Waals surface area contributed by atoms with Crippen molar-refractivity contribution in [3.05, 3.63) is 106 Å². The Morgan fingerprint density at radius 3 is 2.41 bits per heavy atom. The van der Waals surface area contributed by atoms with Crippen LogP contribution in [0.4, 0.5) is 4.39 Å². The number of carbonyl (C=O) groups excluding carboxylic acids is 1. The van der Waals surface area contributed by atoms with Gasteiger partial charge in [0.25, 0.3) is 11.5 Å². The minimum absolute atomic E-state index is 0.180. The first-order valence-electron chi connectivity index (χ1n) is 10.5. The van der Waals surface area contributed by atoms with Crippen molar-refractivity contribution in [3.8, 4) is 5.69 Å². The molecule has 4 rings (SSSR count). The van der Waals surface area contributed by atoms with Crippen LogP contribution < -0.4 is 5.56 Å². The van der Waals surface area contributed by atoms with Gasteiger partial charge >= 0.3 is 0 Å². The van der Waals surface area contributed by atoms with Gasteiger partial charge in [-0.2, -0.15) is 0 Å². The highest BCUT2D eigenvalue weighted by Gasteiger charge is 2.25. The summed E-state index contributed by atoms with van der Waals surface area (Å²) in [5, 5.41) is 0.516. The molecule has 1 amide bonds. The van der Waals surface area contributed by atoms with E-state index in [0.29, 0.717) is 22.3 Å². The molecule has 0 fully saturated rings. The Balaban J connectivity index is 1.90. The summed E-state index contributed by atoms with van der Waals surface area (Å²) >= 11 is 0. The van der Waals surface area contributed by atoms with Gasteiger partial charge in [0, 0.05) is 12.6 Å². The second-order valence-corrected chi connectivity index (χ2v) is 7.71. The highest BCUT2D eigenvalue weighted by Crippen LogP contribution is 2.25. The normalized spacial score (nSPS) is 12.0. The van der Waals surface area contributed by atoms with Crippen molar-refractivity contribution in [2.45, 2.75) is 26.3 Å². The molecule has 1 aromatic heterocycles. The number of halogens is 1. The van der Waals surface area contributed by atoms with Crippen molar-refractivity contribution in [3.63, 3.8) is 0 Å². The van der Waals surface area contributed by atoms with Crippen molar-refractivity contribution in [1.82, 2.24) is 14.5 Å². The maximum Gasteiger partial charge on any atom is 0.266 e. The first-order valence-corrected chi connectivity index (χ1v) is 10.5. The number of rotatable bonds is 5. The van der Waals surface area contributed by atoms with Crippen LogP contribution in [0.3, 0.4) is 0 Å². The van der Waals surface area contributed by atoms with E-state index in [2.05, 4.69) is 0 Å². The molecule has 3 aromatic carbocycles. The van der Waals surface area contributed by atoms with E-state index in [1.54, 1.807) is 23.7 Å². The van der Waals surface area contributed by atoms with Gasteiger partial charge in [0.2, 0.25) is 0 Å². The van der Waals surface area contributed by atoms with Crippen LogP contribution in [0.1, 0.15) is 41.6 Å². The number of aromatic nitrogens is 2. The molecule has 4 aromatic rings. The van der Waals surface area contributed by atoms with Gasteiger partial charge < -0.3 is 4.90 Å². The topological polar surface area (TPSA) is 55.2 Å². The van der Waals surface area contributed by atoms with Crippen LogP contribution >= 0.6 is 0 Å². The standard InChI is InChI=1S/C26H24FN3O2/c1-4-18-9-5-8-12-23(18)30-24(28-22-11-7-6-10-21(22)26(30)32)17(2)29(3)25(31)19-13-15-20(27)16-14-19/h5-17H,4H2,1-3H3. The fraction of sp³-hybridized carbons (Fsp3) is 0.192. The Morgan fingerprint density at radius 1 is 1.03 bits per heavy atom. The van der Waals surface area contributed by atoms with Crippen LogP contribution in [0.25, 0.3) is 16.6 Å². The van der Waals surface area contributed by atoms with Gasteiger partial charge in [0.15, 0.2) is 0 Å². The molecule has 1 heterocycles. The van der Waals surface area contributed by atoms with E-state index < -0.39 is 11.9 Å². The minimum atomic E-state index is -0.519. The molecule has 0 radical (unpaired) electrons. The van der Waals surface area contributed by atoms with E-state index in [1.807, 2.05) is 50.2 Å². The van der Waals surface area contributed by atoms with Crippen molar-refractivity contribution < 1.29 is 9.18 Å². The number of aryl methyl sites for hydroxylation is 1. The number of benzene rings is 3. The van der Waals surface area contributed by atoms with Crippen LogP contribution in [0.2, 0.25) is 0 Å². The summed E-state index contributed by atoms with van der Waals surface area (Å²) in [4.78, 5) is 33.0. The van der Waals surface area contributed by atoms with Gasteiger partial charge in [0.05, 0.1) is 22.6 Å². The first kappa shape index (κ1) is 21.4. The second-order valence-electron chi connectivity index (χ2n) is 7.71. The van der Waals surface area contributed by atoms with Crippen LogP contribution in [-0.2, 0) is 6.42 Å². The maximum atomic E-state index is 13.6. The van der Waals surface area contributed by atoms with Gasteiger partial charge in [0.1, 0.15) is 11.6 Å².